The fourth-order valence-corrected chi connectivity index (χ4v) is 10.1. The summed E-state index contributed by atoms with van der Waals surface area (Å²) in [5.74, 6) is 0.377. The molecule has 2 amide bonds. The lowest BCUT2D eigenvalue weighted by molar-refractivity contribution is -0.0566. The number of fused-ring (bicyclic) bond motifs is 7. The molecule has 11 nitrogen and oxygen atoms in total. The smallest absolute Gasteiger partial charge is 0.264 e. The van der Waals surface area contributed by atoms with Crippen molar-refractivity contribution in [2.75, 3.05) is 20.3 Å². The fourth-order valence-electron chi connectivity index (χ4n) is 9.11. The number of ether oxygens (including phenoxy) is 2. The van der Waals surface area contributed by atoms with E-state index >= 15 is 0 Å². The Hall–Kier alpha value is -4.42. The second-order valence-corrected chi connectivity index (χ2v) is 17.4. The summed E-state index contributed by atoms with van der Waals surface area (Å²) in [6.07, 6.45) is 12.8. The van der Waals surface area contributed by atoms with E-state index in [-0.39, 0.29) is 23.6 Å². The van der Waals surface area contributed by atoms with Crippen LogP contribution in [0.1, 0.15) is 115 Å². The number of sulfonamides is 1. The van der Waals surface area contributed by atoms with Crippen molar-refractivity contribution < 1.29 is 27.5 Å². The Morgan fingerprint density at radius 3 is 2.47 bits per heavy atom. The first-order valence-corrected chi connectivity index (χ1v) is 20.7. The van der Waals surface area contributed by atoms with E-state index in [9.17, 15) is 18.0 Å². The van der Waals surface area contributed by atoms with Crippen LogP contribution in [0.5, 0.6) is 5.75 Å². The molecule has 3 fully saturated rings. The van der Waals surface area contributed by atoms with Crippen molar-refractivity contribution in [2.45, 2.75) is 101 Å². The second-order valence-electron chi connectivity index (χ2n) is 15.3. The molecule has 2 aromatic heterocycles. The van der Waals surface area contributed by atoms with Gasteiger partial charge < -0.3 is 18.9 Å². The van der Waals surface area contributed by atoms with E-state index in [1.54, 1.807) is 37.9 Å². The van der Waals surface area contributed by atoms with Crippen molar-refractivity contribution in [3.8, 4) is 17.0 Å². The summed E-state index contributed by atoms with van der Waals surface area (Å²) in [6, 6.07) is 11.8. The number of hydrogen-bond acceptors (Lipinski definition) is 7. The molecule has 0 radical (unpaired) electrons. The van der Waals surface area contributed by atoms with Crippen molar-refractivity contribution >= 4 is 44.4 Å². The van der Waals surface area contributed by atoms with Gasteiger partial charge in [-0.25, -0.2) is 13.1 Å². The van der Waals surface area contributed by atoms with Gasteiger partial charge in [-0.2, -0.15) is 5.10 Å². The van der Waals surface area contributed by atoms with E-state index in [0.29, 0.717) is 37.7 Å². The maximum atomic E-state index is 14.6. The summed E-state index contributed by atoms with van der Waals surface area (Å²) in [5, 5.41) is 5.02. The van der Waals surface area contributed by atoms with E-state index < -0.39 is 21.2 Å². The molecule has 4 aromatic rings. The summed E-state index contributed by atoms with van der Waals surface area (Å²) in [6.45, 7) is 4.89. The van der Waals surface area contributed by atoms with Gasteiger partial charge in [0.05, 0.1) is 67.4 Å². The van der Waals surface area contributed by atoms with Crippen LogP contribution in [0.3, 0.4) is 0 Å². The number of benzene rings is 2. The van der Waals surface area contributed by atoms with Gasteiger partial charge >= 0.3 is 0 Å². The molecule has 3 aliphatic heterocycles. The Labute approximate surface area is 311 Å². The number of methoxy groups -OCH3 is 1. The lowest BCUT2D eigenvalue weighted by Crippen LogP contribution is -2.57. The number of carbonyl (C=O) groups excluding carboxylic acids is 2. The zero-order valence-electron chi connectivity index (χ0n) is 31.1. The fraction of sp³-hybridized carbons (Fsp3) is 0.488. The summed E-state index contributed by atoms with van der Waals surface area (Å²) < 4.78 is 43.9. The number of nitrogens with one attached hydrogen (secondary N) is 1. The molecular weight excluding hydrogens is 691 g/mol. The number of piperidine rings is 1. The van der Waals surface area contributed by atoms with Crippen molar-refractivity contribution in [1.29, 1.82) is 0 Å². The topological polar surface area (TPSA) is 125 Å². The molecule has 2 aromatic carbocycles. The number of carbonyl (C=O) groups is 2. The predicted molar refractivity (Wildman–Crippen MR) is 205 cm³/mol. The molecule has 3 unspecified atom stereocenters. The van der Waals surface area contributed by atoms with Crippen LogP contribution >= 0.6 is 0 Å². The third-order valence-corrected chi connectivity index (χ3v) is 13.9. The highest BCUT2D eigenvalue weighted by Crippen LogP contribution is 2.48. The molecule has 2 saturated heterocycles. The number of amides is 2. The summed E-state index contributed by atoms with van der Waals surface area (Å²) in [7, 11) is -0.298. The van der Waals surface area contributed by atoms with Crippen molar-refractivity contribution in [1.82, 2.24) is 24.0 Å². The van der Waals surface area contributed by atoms with Crippen LogP contribution in [0.4, 0.5) is 0 Å². The minimum Gasteiger partial charge on any atom is -0.497 e. The molecule has 1 saturated carbocycles. The van der Waals surface area contributed by atoms with Gasteiger partial charge in [0.15, 0.2) is 0 Å². The molecule has 1 aliphatic carbocycles. The van der Waals surface area contributed by atoms with E-state index in [4.69, 9.17) is 9.47 Å². The molecular formula is C41H49N5O6S. The van der Waals surface area contributed by atoms with Gasteiger partial charge in [-0.05, 0) is 104 Å². The highest BCUT2D eigenvalue weighted by molar-refractivity contribution is 7.90. The highest BCUT2D eigenvalue weighted by atomic mass is 32.2. The maximum Gasteiger partial charge on any atom is 0.264 e. The molecule has 1 N–H and O–H groups in total. The Bertz CT molecular complexity index is 2210. The Morgan fingerprint density at radius 1 is 1.00 bits per heavy atom. The lowest BCUT2D eigenvalue weighted by atomic mass is 9.81. The van der Waals surface area contributed by atoms with Gasteiger partial charge in [-0.15, -0.1) is 0 Å². The standard InChI is InChI=1S/C41H49N5O6S/c1-5-25(2)53(49,50)43-40(47)27-14-16-34-36(20-27)45-22-29(38-35(21-42-44(38)3)41(48)46-30-12-9-13-31(46)24-52-23-30)18-28-19-32(51-4)15-17-33(28)39(45)37(34)26-10-7-6-8-11-26/h14-21,25-26,30-31H,5-13,22-24H2,1-4H3,(H,43,47). The van der Waals surface area contributed by atoms with Crippen LogP contribution < -0.4 is 9.46 Å². The molecule has 8 rings (SSSR count). The third-order valence-electron chi connectivity index (χ3n) is 12.1. The molecule has 3 atom stereocenters. The quantitative estimate of drug-likeness (QED) is 0.208. The van der Waals surface area contributed by atoms with Crippen LogP contribution in [-0.4, -0.2) is 77.1 Å². The van der Waals surface area contributed by atoms with Gasteiger partial charge in [-0.1, -0.05) is 32.3 Å². The van der Waals surface area contributed by atoms with Gasteiger partial charge in [-0.3, -0.25) is 14.3 Å². The first-order valence-electron chi connectivity index (χ1n) is 19.1. The number of rotatable bonds is 8. The van der Waals surface area contributed by atoms with Crippen LogP contribution in [0, 0.1) is 0 Å². The lowest BCUT2D eigenvalue weighted by Gasteiger charge is -2.45. The van der Waals surface area contributed by atoms with Crippen LogP contribution in [0.2, 0.25) is 0 Å². The summed E-state index contributed by atoms with van der Waals surface area (Å²) in [5.41, 5.74) is 7.68. The van der Waals surface area contributed by atoms with E-state index in [2.05, 4.69) is 32.6 Å². The first kappa shape index (κ1) is 35.6. The predicted octanol–water partition coefficient (Wildman–Crippen LogP) is 6.90. The Morgan fingerprint density at radius 2 is 1.75 bits per heavy atom. The van der Waals surface area contributed by atoms with Crippen LogP contribution in [0.25, 0.3) is 33.8 Å². The number of nitrogens with zero attached hydrogens (tertiary/aromatic N) is 4. The molecule has 0 spiro atoms. The minimum atomic E-state index is -3.84. The van der Waals surface area contributed by atoms with E-state index in [1.807, 2.05) is 30.1 Å². The minimum absolute atomic E-state index is 0.0240. The Kier molecular flexibility index (Phi) is 9.47. The second kappa shape index (κ2) is 14.1. The van der Waals surface area contributed by atoms with Crippen molar-refractivity contribution in [3.63, 3.8) is 0 Å². The van der Waals surface area contributed by atoms with Gasteiger partial charge in [0.2, 0.25) is 10.0 Å². The highest BCUT2D eigenvalue weighted by Gasteiger charge is 2.40. The monoisotopic (exact) mass is 739 g/mol. The van der Waals surface area contributed by atoms with Gasteiger partial charge in [0.1, 0.15) is 5.75 Å². The average molecular weight is 740 g/mol. The SMILES string of the molecule is CCC(C)S(=O)(=O)NC(=O)c1ccc2c(C3CCCCC3)c3n(c2c1)CC(c1c(C(=O)N2C4CCCC2COC4)cnn1C)=Cc1cc(OC)ccc1-3. The van der Waals surface area contributed by atoms with E-state index in [0.717, 1.165) is 89.7 Å². The number of aromatic nitrogens is 3. The number of hydrogen-bond donors (Lipinski definition) is 1. The average Bonchev–Trinajstić information content (AvgIpc) is 3.65. The molecule has 5 heterocycles. The normalized spacial score (nSPS) is 21.0. The molecule has 2 bridgehead atoms. The van der Waals surface area contributed by atoms with Crippen molar-refractivity contribution in [2.24, 2.45) is 7.05 Å². The third kappa shape index (κ3) is 6.27. The molecule has 53 heavy (non-hydrogen) atoms. The van der Waals surface area contributed by atoms with Crippen molar-refractivity contribution in [3.05, 3.63) is 70.5 Å². The first-order chi connectivity index (χ1) is 25.6. The number of aryl methyl sites for hydroxylation is 1. The zero-order valence-corrected chi connectivity index (χ0v) is 31.9. The zero-order chi connectivity index (χ0) is 37.0. The van der Waals surface area contributed by atoms with Crippen LogP contribution in [-0.2, 0) is 28.4 Å². The van der Waals surface area contributed by atoms with E-state index in [1.165, 1.54) is 12.0 Å². The maximum absolute atomic E-state index is 14.6. The van der Waals surface area contributed by atoms with Gasteiger partial charge in [0.25, 0.3) is 11.8 Å². The molecule has 12 heteroatoms. The number of allylic oxidation sites excluding steroid dienone is 1. The molecule has 280 valence electrons. The number of morpholine rings is 1. The summed E-state index contributed by atoms with van der Waals surface area (Å²) in [4.78, 5) is 30.2. The summed E-state index contributed by atoms with van der Waals surface area (Å²) >= 11 is 0. The van der Waals surface area contributed by atoms with Gasteiger partial charge in [0, 0.05) is 29.1 Å². The largest absolute Gasteiger partial charge is 0.497 e. The van der Waals surface area contributed by atoms with Crippen LogP contribution in [0.15, 0.2) is 42.6 Å². The molecule has 4 aliphatic rings. The Balaban J connectivity index is 1.31.